The van der Waals surface area contributed by atoms with Crippen LogP contribution in [0.3, 0.4) is 0 Å². The molecule has 3 rings (SSSR count). The maximum absolute atomic E-state index is 13.3. The Morgan fingerprint density at radius 3 is 2.66 bits per heavy atom. The van der Waals surface area contributed by atoms with E-state index in [1.165, 1.54) is 4.57 Å². The molecule has 0 saturated carbocycles. The number of ether oxygens (including phenoxy) is 2. The molecule has 0 aliphatic carbocycles. The van der Waals surface area contributed by atoms with Crippen LogP contribution in [0, 0.1) is 0 Å². The molecule has 0 radical (unpaired) electrons. The molecule has 32 heavy (non-hydrogen) atoms. The van der Waals surface area contributed by atoms with Crippen LogP contribution in [0.5, 0.6) is 5.75 Å². The minimum absolute atomic E-state index is 0.333. The van der Waals surface area contributed by atoms with Crippen molar-refractivity contribution in [2.24, 2.45) is 7.05 Å². The van der Waals surface area contributed by atoms with E-state index in [1.807, 2.05) is 32.9 Å². The van der Waals surface area contributed by atoms with Gasteiger partial charge in [-0.15, -0.1) is 0 Å². The van der Waals surface area contributed by atoms with E-state index < -0.39 is 11.7 Å². The van der Waals surface area contributed by atoms with Crippen LogP contribution >= 0.6 is 27.5 Å². The van der Waals surface area contributed by atoms with E-state index >= 15 is 0 Å². The molecule has 1 aromatic heterocycles. The molecular formula is C24H26BrClN2O4. The van der Waals surface area contributed by atoms with Crippen molar-refractivity contribution in [3.63, 3.8) is 0 Å². The number of fused-ring (bicyclic) bond motifs is 1. The number of carbonyl (C=O) groups is 1. The number of nitrogens with zero attached hydrogens (tertiary/aromatic N) is 1. The zero-order valence-corrected chi connectivity index (χ0v) is 20.9. The van der Waals surface area contributed by atoms with E-state index in [0.717, 1.165) is 0 Å². The van der Waals surface area contributed by atoms with Gasteiger partial charge in [0, 0.05) is 29.2 Å². The molecule has 0 spiro atoms. The molecule has 1 N–H and O–H groups in total. The van der Waals surface area contributed by atoms with Crippen LogP contribution in [-0.2, 0) is 16.6 Å². The van der Waals surface area contributed by atoms with Gasteiger partial charge in [0.25, 0.3) is 5.56 Å². The van der Waals surface area contributed by atoms with Crippen molar-refractivity contribution in [2.75, 3.05) is 18.5 Å². The van der Waals surface area contributed by atoms with Gasteiger partial charge in [0.05, 0.1) is 27.6 Å². The fourth-order valence-electron chi connectivity index (χ4n) is 3.81. The molecule has 8 heteroatoms. The van der Waals surface area contributed by atoms with Gasteiger partial charge in [-0.25, -0.2) is 0 Å². The molecule has 6 nitrogen and oxygen atoms in total. The highest BCUT2D eigenvalue weighted by atomic mass is 79.9. The largest absolute Gasteiger partial charge is 0.490 e. The Balaban J connectivity index is 2.48. The number of pyridine rings is 1. The van der Waals surface area contributed by atoms with Gasteiger partial charge < -0.3 is 24.2 Å². The Bertz CT molecular complexity index is 1160. The second-order valence-corrected chi connectivity index (χ2v) is 9.72. The zero-order chi connectivity index (χ0) is 23.8. The molecule has 1 aliphatic rings. The van der Waals surface area contributed by atoms with Crippen molar-refractivity contribution >= 4 is 50.1 Å². The molecule has 1 aromatic carbocycles. The predicted molar refractivity (Wildman–Crippen MR) is 134 cm³/mol. The van der Waals surface area contributed by atoms with E-state index in [2.05, 4.69) is 34.4 Å². The molecule has 2 heterocycles. The van der Waals surface area contributed by atoms with E-state index in [1.54, 1.807) is 13.1 Å². The summed E-state index contributed by atoms with van der Waals surface area (Å²) >= 11 is 10.2. The number of hydrogen-bond acceptors (Lipinski definition) is 5. The first-order valence-corrected chi connectivity index (χ1v) is 11.3. The number of nitrogens with one attached hydrogen (secondary N) is 1. The predicted octanol–water partition coefficient (Wildman–Crippen LogP) is 5.57. The summed E-state index contributed by atoms with van der Waals surface area (Å²) in [4.78, 5) is 25.5. The third-order valence-electron chi connectivity index (χ3n) is 5.06. The highest BCUT2D eigenvalue weighted by Gasteiger charge is 2.31. The number of rotatable bonds is 6. The zero-order valence-electron chi connectivity index (χ0n) is 18.6. The van der Waals surface area contributed by atoms with Crippen LogP contribution in [0.2, 0.25) is 5.02 Å². The molecule has 1 atom stereocenters. The fourth-order valence-corrected chi connectivity index (χ4v) is 4.51. The van der Waals surface area contributed by atoms with Crippen molar-refractivity contribution < 1.29 is 14.3 Å². The summed E-state index contributed by atoms with van der Waals surface area (Å²) in [6.45, 7) is 14.5. The molecule has 2 aromatic rings. The van der Waals surface area contributed by atoms with Gasteiger partial charge in [-0.3, -0.25) is 4.79 Å². The van der Waals surface area contributed by atoms with Crippen LogP contribution in [0.25, 0.3) is 21.7 Å². The van der Waals surface area contributed by atoms with Crippen LogP contribution in [0.15, 0.2) is 30.1 Å². The summed E-state index contributed by atoms with van der Waals surface area (Å²) in [5.41, 5.74) is 2.09. The van der Waals surface area contributed by atoms with Crippen molar-refractivity contribution in [1.29, 1.82) is 0 Å². The standard InChI is InChI=1S/C24H26BrClN2O4/c1-7-14-18(13(2)25)23(30)28(6)22(17(12-29)32-24(3,4)5)19(14)15-8-9-16-21(20(15)26)27-10-11-31-16/h7-9,12,17,27H,1-2,10-11H2,3-6H3/t17-/m0/s1. The number of aldehydes is 1. The van der Waals surface area contributed by atoms with Gasteiger partial charge in [-0.2, -0.15) is 0 Å². The summed E-state index contributed by atoms with van der Waals surface area (Å²) in [6, 6.07) is 3.62. The fraction of sp³-hybridized carbons (Fsp3) is 0.333. The SMILES string of the molecule is C=Cc1c(-c2ccc3c(c2Cl)NCCO3)c([C@H](C=O)OC(C)(C)C)n(C)c(=O)c1C(=C)Br. The summed E-state index contributed by atoms with van der Waals surface area (Å²) in [5.74, 6) is 0.638. The maximum atomic E-state index is 13.3. The average Bonchev–Trinajstić information content (AvgIpc) is 2.73. The van der Waals surface area contributed by atoms with Gasteiger partial charge in [-0.05, 0) is 38.5 Å². The molecule has 0 saturated heterocycles. The molecule has 0 fully saturated rings. The van der Waals surface area contributed by atoms with Crippen LogP contribution in [-0.4, -0.2) is 29.6 Å². The van der Waals surface area contributed by atoms with E-state index in [0.29, 0.717) is 68.3 Å². The first-order valence-electron chi connectivity index (χ1n) is 10.1. The lowest BCUT2D eigenvalue weighted by Gasteiger charge is -2.29. The molecule has 0 amide bonds. The molecular weight excluding hydrogens is 496 g/mol. The maximum Gasteiger partial charge on any atom is 0.259 e. The molecule has 1 aliphatic heterocycles. The van der Waals surface area contributed by atoms with Crippen molar-refractivity contribution in [2.45, 2.75) is 32.5 Å². The first-order chi connectivity index (χ1) is 15.0. The Kier molecular flexibility index (Phi) is 7.03. The highest BCUT2D eigenvalue weighted by molar-refractivity contribution is 9.15. The Morgan fingerprint density at radius 2 is 2.09 bits per heavy atom. The molecule has 0 unspecified atom stereocenters. The molecule has 0 bridgehead atoms. The minimum Gasteiger partial charge on any atom is -0.490 e. The van der Waals surface area contributed by atoms with Crippen molar-refractivity contribution in [1.82, 2.24) is 4.57 Å². The first kappa shape index (κ1) is 24.3. The lowest BCUT2D eigenvalue weighted by Crippen LogP contribution is -2.31. The summed E-state index contributed by atoms with van der Waals surface area (Å²) < 4.78 is 13.6. The van der Waals surface area contributed by atoms with Crippen molar-refractivity contribution in [3.05, 3.63) is 57.5 Å². The number of benzene rings is 1. The molecule has 170 valence electrons. The third kappa shape index (κ3) is 4.42. The average molecular weight is 522 g/mol. The summed E-state index contributed by atoms with van der Waals surface area (Å²) in [7, 11) is 1.60. The number of anilines is 1. The smallest absolute Gasteiger partial charge is 0.259 e. The van der Waals surface area contributed by atoms with Gasteiger partial charge >= 0.3 is 0 Å². The van der Waals surface area contributed by atoms with E-state index in [-0.39, 0.29) is 5.56 Å². The van der Waals surface area contributed by atoms with Gasteiger partial charge in [-0.1, -0.05) is 46.8 Å². The number of aromatic nitrogens is 1. The number of carbonyl (C=O) groups excluding carboxylic acids is 1. The van der Waals surface area contributed by atoms with Crippen molar-refractivity contribution in [3.8, 4) is 16.9 Å². The van der Waals surface area contributed by atoms with E-state index in [9.17, 15) is 9.59 Å². The normalized spacial score (nSPS) is 14.1. The van der Waals surface area contributed by atoms with Crippen LogP contribution in [0.1, 0.15) is 43.7 Å². The summed E-state index contributed by atoms with van der Waals surface area (Å²) in [5, 5.41) is 3.68. The van der Waals surface area contributed by atoms with Gasteiger partial charge in [0.2, 0.25) is 0 Å². The minimum atomic E-state index is -1.02. The monoisotopic (exact) mass is 520 g/mol. The second kappa shape index (κ2) is 9.25. The Hall–Kier alpha value is -2.35. The van der Waals surface area contributed by atoms with Gasteiger partial charge in [0.15, 0.2) is 12.4 Å². The number of halogens is 2. The third-order valence-corrected chi connectivity index (χ3v) is 5.85. The Morgan fingerprint density at radius 1 is 1.41 bits per heavy atom. The topological polar surface area (TPSA) is 69.6 Å². The quantitative estimate of drug-likeness (QED) is 0.503. The summed E-state index contributed by atoms with van der Waals surface area (Å²) in [6.07, 6.45) is 1.24. The number of hydrogen-bond donors (Lipinski definition) is 1. The lowest BCUT2D eigenvalue weighted by atomic mass is 9.91. The second-order valence-electron chi connectivity index (χ2n) is 8.38. The lowest BCUT2D eigenvalue weighted by molar-refractivity contribution is -0.129. The Labute approximate surface area is 201 Å². The highest BCUT2D eigenvalue weighted by Crippen LogP contribution is 2.45. The van der Waals surface area contributed by atoms with E-state index in [4.69, 9.17) is 21.1 Å². The van der Waals surface area contributed by atoms with Gasteiger partial charge in [0.1, 0.15) is 12.4 Å². The van der Waals surface area contributed by atoms with Crippen LogP contribution < -0.4 is 15.6 Å². The van der Waals surface area contributed by atoms with Crippen LogP contribution in [0.4, 0.5) is 5.69 Å².